The molecule has 0 aromatic heterocycles. The van der Waals surface area contributed by atoms with E-state index in [0.717, 1.165) is 37.9 Å². The van der Waals surface area contributed by atoms with Crippen molar-refractivity contribution in [2.24, 2.45) is 5.73 Å². The Kier molecular flexibility index (Phi) is 2.81. The number of aryl methyl sites for hydroxylation is 1. The van der Waals surface area contributed by atoms with Gasteiger partial charge >= 0.3 is 0 Å². The maximum Gasteiger partial charge on any atom is 0.124 e. The van der Waals surface area contributed by atoms with Crippen LogP contribution in [0.5, 0.6) is 5.75 Å². The Balaban J connectivity index is 1.76. The predicted molar refractivity (Wildman–Crippen MR) is 66.0 cm³/mol. The summed E-state index contributed by atoms with van der Waals surface area (Å²) in [5.41, 5.74) is 8.56. The molecule has 0 heterocycles. The third kappa shape index (κ3) is 2.05. The highest BCUT2D eigenvalue weighted by Crippen LogP contribution is 2.33. The molecule has 0 aliphatic heterocycles. The predicted octanol–water partition coefficient (Wildman–Crippen LogP) is 1.92. The first kappa shape index (κ1) is 11.1. The number of aliphatic hydroxyl groups is 1. The second-order valence-corrected chi connectivity index (χ2v) is 5.16. The third-order valence-electron chi connectivity index (χ3n) is 3.94. The van der Waals surface area contributed by atoms with E-state index in [1.807, 2.05) is 6.07 Å². The first-order valence-electron chi connectivity index (χ1n) is 6.47. The first-order valence-corrected chi connectivity index (χ1v) is 6.47. The highest BCUT2D eigenvalue weighted by Gasteiger charge is 2.27. The summed E-state index contributed by atoms with van der Waals surface area (Å²) in [6.45, 7) is 0. The Morgan fingerprint density at radius 2 is 2.12 bits per heavy atom. The highest BCUT2D eigenvalue weighted by molar-refractivity contribution is 5.40. The summed E-state index contributed by atoms with van der Waals surface area (Å²) in [4.78, 5) is 0. The SMILES string of the molecule is N[C@@H]1CCc2cc(OC3CCCC3O)ccc21. The summed E-state index contributed by atoms with van der Waals surface area (Å²) in [6.07, 6.45) is 4.62. The van der Waals surface area contributed by atoms with E-state index < -0.39 is 0 Å². The lowest BCUT2D eigenvalue weighted by Gasteiger charge is -2.17. The zero-order valence-corrected chi connectivity index (χ0v) is 9.93. The van der Waals surface area contributed by atoms with Gasteiger partial charge < -0.3 is 15.6 Å². The van der Waals surface area contributed by atoms with Crippen LogP contribution in [-0.2, 0) is 6.42 Å². The summed E-state index contributed by atoms with van der Waals surface area (Å²) in [7, 11) is 0. The summed E-state index contributed by atoms with van der Waals surface area (Å²) in [5.74, 6) is 0.879. The van der Waals surface area contributed by atoms with Gasteiger partial charge in [-0.25, -0.2) is 0 Å². The minimum atomic E-state index is -0.300. The smallest absolute Gasteiger partial charge is 0.124 e. The van der Waals surface area contributed by atoms with Crippen molar-refractivity contribution in [3.05, 3.63) is 29.3 Å². The molecule has 3 rings (SSSR count). The first-order chi connectivity index (χ1) is 8.24. The minimum absolute atomic E-state index is 0.0249. The second-order valence-electron chi connectivity index (χ2n) is 5.16. The molecule has 3 heteroatoms. The number of rotatable bonds is 2. The van der Waals surface area contributed by atoms with Crippen LogP contribution in [0.25, 0.3) is 0 Å². The van der Waals surface area contributed by atoms with Gasteiger partial charge in [-0.3, -0.25) is 0 Å². The standard InChI is InChI=1S/C14H19NO2/c15-12-7-4-9-8-10(5-6-11(9)12)17-14-3-1-2-13(14)16/h5-6,8,12-14,16H,1-4,7,15H2/t12-,13?,14?/m1/s1. The van der Waals surface area contributed by atoms with Gasteiger partial charge in [-0.05, 0) is 55.4 Å². The van der Waals surface area contributed by atoms with E-state index in [-0.39, 0.29) is 18.2 Å². The summed E-state index contributed by atoms with van der Waals surface area (Å²) in [5, 5.41) is 9.74. The molecule has 0 spiro atoms. The van der Waals surface area contributed by atoms with Crippen LogP contribution in [0, 0.1) is 0 Å². The quantitative estimate of drug-likeness (QED) is 0.820. The van der Waals surface area contributed by atoms with Crippen molar-refractivity contribution >= 4 is 0 Å². The van der Waals surface area contributed by atoms with Gasteiger partial charge in [0.1, 0.15) is 11.9 Å². The lowest BCUT2D eigenvalue weighted by Crippen LogP contribution is -2.25. The van der Waals surface area contributed by atoms with E-state index in [1.54, 1.807) is 0 Å². The monoisotopic (exact) mass is 233 g/mol. The van der Waals surface area contributed by atoms with E-state index in [0.29, 0.717) is 0 Å². The molecule has 3 nitrogen and oxygen atoms in total. The van der Waals surface area contributed by atoms with Crippen LogP contribution >= 0.6 is 0 Å². The molecule has 2 unspecified atom stereocenters. The van der Waals surface area contributed by atoms with Crippen molar-refractivity contribution in [3.63, 3.8) is 0 Å². The van der Waals surface area contributed by atoms with Gasteiger partial charge in [0.05, 0.1) is 6.10 Å². The van der Waals surface area contributed by atoms with Gasteiger partial charge in [0.2, 0.25) is 0 Å². The summed E-state index contributed by atoms with van der Waals surface area (Å²) < 4.78 is 5.86. The Labute approximate surface area is 102 Å². The van der Waals surface area contributed by atoms with Crippen molar-refractivity contribution in [3.8, 4) is 5.75 Å². The molecule has 17 heavy (non-hydrogen) atoms. The molecular formula is C14H19NO2. The van der Waals surface area contributed by atoms with E-state index in [9.17, 15) is 5.11 Å². The molecular weight excluding hydrogens is 214 g/mol. The number of fused-ring (bicyclic) bond motifs is 1. The van der Waals surface area contributed by atoms with Crippen molar-refractivity contribution in [1.82, 2.24) is 0 Å². The van der Waals surface area contributed by atoms with Crippen LogP contribution in [0.3, 0.4) is 0 Å². The number of benzene rings is 1. The molecule has 3 N–H and O–H groups in total. The van der Waals surface area contributed by atoms with E-state index >= 15 is 0 Å². The molecule has 1 fully saturated rings. The van der Waals surface area contributed by atoms with Crippen LogP contribution in [0.2, 0.25) is 0 Å². The van der Waals surface area contributed by atoms with Crippen LogP contribution < -0.4 is 10.5 Å². The second kappa shape index (κ2) is 4.31. The molecule has 1 aromatic rings. The number of hydrogen-bond donors (Lipinski definition) is 2. The summed E-state index contributed by atoms with van der Waals surface area (Å²) >= 11 is 0. The summed E-state index contributed by atoms with van der Waals surface area (Å²) in [6, 6.07) is 6.34. The average molecular weight is 233 g/mol. The normalized spacial score (nSPS) is 31.5. The third-order valence-corrected chi connectivity index (χ3v) is 3.94. The molecule has 0 amide bonds. The number of nitrogens with two attached hydrogens (primary N) is 1. The average Bonchev–Trinajstić information content (AvgIpc) is 2.87. The van der Waals surface area contributed by atoms with Gasteiger partial charge in [0.25, 0.3) is 0 Å². The van der Waals surface area contributed by atoms with E-state index in [1.165, 1.54) is 11.1 Å². The topological polar surface area (TPSA) is 55.5 Å². The molecule has 2 aliphatic carbocycles. The van der Waals surface area contributed by atoms with Gasteiger partial charge in [-0.1, -0.05) is 6.07 Å². The van der Waals surface area contributed by atoms with E-state index in [2.05, 4.69) is 12.1 Å². The Bertz CT molecular complexity index is 419. The highest BCUT2D eigenvalue weighted by atomic mass is 16.5. The fourth-order valence-electron chi connectivity index (χ4n) is 2.92. The molecule has 1 aromatic carbocycles. The largest absolute Gasteiger partial charge is 0.488 e. The van der Waals surface area contributed by atoms with Crippen molar-refractivity contribution in [2.45, 2.75) is 50.4 Å². The zero-order valence-electron chi connectivity index (χ0n) is 9.93. The lowest BCUT2D eigenvalue weighted by atomic mass is 10.1. The Hall–Kier alpha value is -1.06. The van der Waals surface area contributed by atoms with Crippen LogP contribution in [0.4, 0.5) is 0 Å². The van der Waals surface area contributed by atoms with Crippen LogP contribution in [-0.4, -0.2) is 17.3 Å². The van der Waals surface area contributed by atoms with Crippen molar-refractivity contribution in [1.29, 1.82) is 0 Å². The van der Waals surface area contributed by atoms with Gasteiger partial charge in [-0.15, -0.1) is 0 Å². The van der Waals surface area contributed by atoms with Crippen LogP contribution in [0.15, 0.2) is 18.2 Å². The van der Waals surface area contributed by atoms with Gasteiger partial charge in [-0.2, -0.15) is 0 Å². The Morgan fingerprint density at radius 1 is 1.24 bits per heavy atom. The molecule has 1 saturated carbocycles. The maximum absolute atomic E-state index is 9.74. The molecule has 92 valence electrons. The molecule has 0 bridgehead atoms. The molecule has 0 saturated heterocycles. The lowest BCUT2D eigenvalue weighted by molar-refractivity contribution is 0.0603. The van der Waals surface area contributed by atoms with Crippen molar-refractivity contribution < 1.29 is 9.84 Å². The Morgan fingerprint density at radius 3 is 2.88 bits per heavy atom. The number of ether oxygens (including phenoxy) is 1. The fraction of sp³-hybridized carbons (Fsp3) is 0.571. The van der Waals surface area contributed by atoms with Gasteiger partial charge in [0, 0.05) is 6.04 Å². The fourth-order valence-corrected chi connectivity index (χ4v) is 2.92. The number of hydrogen-bond acceptors (Lipinski definition) is 3. The molecule has 0 radical (unpaired) electrons. The van der Waals surface area contributed by atoms with Crippen LogP contribution in [0.1, 0.15) is 42.9 Å². The van der Waals surface area contributed by atoms with Crippen molar-refractivity contribution in [2.75, 3.05) is 0 Å². The minimum Gasteiger partial charge on any atom is -0.488 e. The zero-order chi connectivity index (χ0) is 11.8. The molecule has 2 aliphatic rings. The van der Waals surface area contributed by atoms with Gasteiger partial charge in [0.15, 0.2) is 0 Å². The van der Waals surface area contributed by atoms with E-state index in [4.69, 9.17) is 10.5 Å². The molecule has 3 atom stereocenters. The number of aliphatic hydroxyl groups excluding tert-OH is 1. The maximum atomic E-state index is 9.74.